The van der Waals surface area contributed by atoms with Crippen LogP contribution < -0.4 is 15.4 Å². The lowest BCUT2D eigenvalue weighted by molar-refractivity contribution is -0.115. The molecule has 6 nitrogen and oxygen atoms in total. The first-order chi connectivity index (χ1) is 13.2. The molecule has 0 saturated carbocycles. The van der Waals surface area contributed by atoms with E-state index < -0.39 is 6.09 Å². The second-order valence-corrected chi connectivity index (χ2v) is 5.91. The van der Waals surface area contributed by atoms with Crippen LogP contribution in [0.25, 0.3) is 21.9 Å². The maximum absolute atomic E-state index is 12.1. The molecule has 27 heavy (non-hydrogen) atoms. The molecule has 0 unspecified atom stereocenters. The average Bonchev–Trinajstić information content (AvgIpc) is 3.05. The van der Waals surface area contributed by atoms with Gasteiger partial charge in [0.15, 0.2) is 0 Å². The maximum atomic E-state index is 12.1. The zero-order chi connectivity index (χ0) is 18.6. The van der Waals surface area contributed by atoms with E-state index in [0.29, 0.717) is 17.0 Å². The Balaban J connectivity index is 1.37. The molecule has 6 heteroatoms. The molecular weight excluding hydrogens is 344 g/mol. The predicted molar refractivity (Wildman–Crippen MR) is 103 cm³/mol. The van der Waals surface area contributed by atoms with Gasteiger partial charge in [0.25, 0.3) is 0 Å². The van der Waals surface area contributed by atoms with Crippen LogP contribution in [0.3, 0.4) is 0 Å². The van der Waals surface area contributed by atoms with Gasteiger partial charge in [-0.1, -0.05) is 36.4 Å². The van der Waals surface area contributed by atoms with Gasteiger partial charge in [-0.15, -0.1) is 0 Å². The molecule has 2 amide bonds. The molecule has 0 aliphatic rings. The number of carbonyl (C=O) groups is 2. The number of nitrogens with one attached hydrogen (secondary N) is 2. The summed E-state index contributed by atoms with van der Waals surface area (Å²) in [5.41, 5.74) is 2.07. The quantitative estimate of drug-likeness (QED) is 0.568. The molecule has 0 saturated heterocycles. The Labute approximate surface area is 154 Å². The van der Waals surface area contributed by atoms with Crippen molar-refractivity contribution >= 4 is 39.6 Å². The summed E-state index contributed by atoms with van der Waals surface area (Å²) in [5.74, 6) is 0.0428. The fourth-order valence-corrected chi connectivity index (χ4v) is 2.79. The van der Waals surface area contributed by atoms with Gasteiger partial charge in [0, 0.05) is 22.5 Å². The highest BCUT2D eigenvalue weighted by Crippen LogP contribution is 2.30. The normalized spacial score (nSPS) is 10.7. The summed E-state index contributed by atoms with van der Waals surface area (Å²) in [6.07, 6.45) is -0.691. The van der Waals surface area contributed by atoms with E-state index in [1.165, 1.54) is 0 Å². The molecule has 0 atom stereocenters. The Morgan fingerprint density at radius 3 is 2.44 bits per heavy atom. The summed E-state index contributed by atoms with van der Waals surface area (Å²) >= 11 is 0. The van der Waals surface area contributed by atoms with Gasteiger partial charge < -0.3 is 19.8 Å². The molecule has 1 aromatic heterocycles. The van der Waals surface area contributed by atoms with Crippen molar-refractivity contribution in [3.05, 3.63) is 72.8 Å². The van der Waals surface area contributed by atoms with E-state index in [4.69, 9.17) is 9.15 Å². The second kappa shape index (κ2) is 7.21. The zero-order valence-electron chi connectivity index (χ0n) is 14.3. The lowest BCUT2D eigenvalue weighted by Crippen LogP contribution is -2.34. The number of furan rings is 1. The predicted octanol–water partition coefficient (Wildman–Crippen LogP) is 4.31. The fraction of sp³-hybridized carbons (Fsp3) is 0.0476. The highest BCUT2D eigenvalue weighted by Gasteiger charge is 2.10. The summed E-state index contributed by atoms with van der Waals surface area (Å²) in [6.45, 7) is -0.205. The summed E-state index contributed by atoms with van der Waals surface area (Å²) in [6, 6.07) is 21.8. The highest BCUT2D eigenvalue weighted by atomic mass is 16.6. The number of hydrogen-bond acceptors (Lipinski definition) is 4. The molecule has 0 bridgehead atoms. The van der Waals surface area contributed by atoms with E-state index in [2.05, 4.69) is 10.6 Å². The molecule has 0 aliphatic carbocycles. The molecule has 0 radical (unpaired) electrons. The molecule has 0 fully saturated rings. The number of anilines is 1. The van der Waals surface area contributed by atoms with Crippen LogP contribution in [0, 0.1) is 0 Å². The lowest BCUT2D eigenvalue weighted by atomic mass is 10.1. The first-order valence-electron chi connectivity index (χ1n) is 8.41. The third-order valence-corrected chi connectivity index (χ3v) is 4.01. The number of fused-ring (bicyclic) bond motifs is 3. The third-order valence-electron chi connectivity index (χ3n) is 4.01. The molecule has 4 aromatic rings. The summed E-state index contributed by atoms with van der Waals surface area (Å²) in [4.78, 5) is 23.8. The van der Waals surface area contributed by atoms with Crippen molar-refractivity contribution in [3.63, 3.8) is 0 Å². The SMILES string of the molecule is O=C(CNC(=O)Oc1ccccc1)Nc1ccc2c(c1)oc1ccccc12. The van der Waals surface area contributed by atoms with Gasteiger partial charge in [-0.05, 0) is 30.3 Å². The van der Waals surface area contributed by atoms with Crippen LogP contribution in [0.2, 0.25) is 0 Å². The standard InChI is InChI=1S/C21H16N2O4/c24-20(13-22-21(25)26-15-6-2-1-3-7-15)23-14-10-11-17-16-8-4-5-9-18(16)27-19(17)12-14/h1-12H,13H2,(H,22,25)(H,23,24). The van der Waals surface area contributed by atoms with Crippen LogP contribution >= 0.6 is 0 Å². The van der Waals surface area contributed by atoms with Gasteiger partial charge in [0.2, 0.25) is 5.91 Å². The largest absolute Gasteiger partial charge is 0.456 e. The van der Waals surface area contributed by atoms with E-state index in [1.807, 2.05) is 36.4 Å². The molecule has 4 rings (SSSR count). The molecule has 2 N–H and O–H groups in total. The Bertz CT molecular complexity index is 1120. The molecule has 0 spiro atoms. The van der Waals surface area contributed by atoms with Gasteiger partial charge in [0.1, 0.15) is 23.5 Å². The fourth-order valence-electron chi connectivity index (χ4n) is 2.79. The summed E-state index contributed by atoms with van der Waals surface area (Å²) in [7, 11) is 0. The van der Waals surface area contributed by atoms with Crippen LogP contribution in [0.15, 0.2) is 77.2 Å². The van der Waals surface area contributed by atoms with Crippen molar-refractivity contribution in [3.8, 4) is 5.75 Å². The van der Waals surface area contributed by atoms with E-state index in [-0.39, 0.29) is 12.5 Å². The number of ether oxygens (including phenoxy) is 1. The van der Waals surface area contributed by atoms with Gasteiger partial charge in [0.05, 0.1) is 0 Å². The maximum Gasteiger partial charge on any atom is 0.413 e. The Hall–Kier alpha value is -3.80. The number of amides is 2. The van der Waals surface area contributed by atoms with Crippen LogP contribution in [0.5, 0.6) is 5.75 Å². The summed E-state index contributed by atoms with van der Waals surface area (Å²) in [5, 5.41) is 7.15. The number of para-hydroxylation sites is 2. The molecule has 134 valence electrons. The van der Waals surface area contributed by atoms with Crippen LogP contribution in [-0.2, 0) is 4.79 Å². The first-order valence-corrected chi connectivity index (χ1v) is 8.41. The minimum Gasteiger partial charge on any atom is -0.456 e. The molecular formula is C21H16N2O4. The number of benzene rings is 3. The van der Waals surface area contributed by atoms with E-state index in [0.717, 1.165) is 16.4 Å². The van der Waals surface area contributed by atoms with Crippen molar-refractivity contribution in [2.75, 3.05) is 11.9 Å². The van der Waals surface area contributed by atoms with Crippen molar-refractivity contribution in [2.45, 2.75) is 0 Å². The van der Waals surface area contributed by atoms with Crippen LogP contribution in [-0.4, -0.2) is 18.5 Å². The van der Waals surface area contributed by atoms with E-state index in [1.54, 1.807) is 36.4 Å². The minimum atomic E-state index is -0.691. The van der Waals surface area contributed by atoms with E-state index in [9.17, 15) is 9.59 Å². The monoisotopic (exact) mass is 360 g/mol. The highest BCUT2D eigenvalue weighted by molar-refractivity contribution is 6.06. The number of carbonyl (C=O) groups excluding carboxylic acids is 2. The van der Waals surface area contributed by atoms with Crippen molar-refractivity contribution < 1.29 is 18.7 Å². The van der Waals surface area contributed by atoms with Crippen molar-refractivity contribution in [2.24, 2.45) is 0 Å². The Morgan fingerprint density at radius 1 is 0.852 bits per heavy atom. The third kappa shape index (κ3) is 3.74. The molecule has 1 heterocycles. The lowest BCUT2D eigenvalue weighted by Gasteiger charge is -2.07. The van der Waals surface area contributed by atoms with Crippen molar-refractivity contribution in [1.29, 1.82) is 0 Å². The van der Waals surface area contributed by atoms with Gasteiger partial charge in [-0.3, -0.25) is 4.79 Å². The van der Waals surface area contributed by atoms with Gasteiger partial charge in [-0.25, -0.2) is 4.79 Å². The summed E-state index contributed by atoms with van der Waals surface area (Å²) < 4.78 is 10.9. The van der Waals surface area contributed by atoms with Gasteiger partial charge in [-0.2, -0.15) is 0 Å². The van der Waals surface area contributed by atoms with Crippen LogP contribution in [0.1, 0.15) is 0 Å². The van der Waals surface area contributed by atoms with E-state index >= 15 is 0 Å². The van der Waals surface area contributed by atoms with Crippen LogP contribution in [0.4, 0.5) is 10.5 Å². The molecule has 3 aromatic carbocycles. The second-order valence-electron chi connectivity index (χ2n) is 5.91. The molecule has 0 aliphatic heterocycles. The smallest absolute Gasteiger partial charge is 0.413 e. The Morgan fingerprint density at radius 2 is 1.59 bits per heavy atom. The zero-order valence-corrected chi connectivity index (χ0v) is 14.3. The number of rotatable bonds is 4. The number of hydrogen-bond donors (Lipinski definition) is 2. The Kier molecular flexibility index (Phi) is 4.45. The average molecular weight is 360 g/mol. The van der Waals surface area contributed by atoms with Crippen molar-refractivity contribution in [1.82, 2.24) is 5.32 Å². The first kappa shape index (κ1) is 16.7. The minimum absolute atomic E-state index is 0.205. The topological polar surface area (TPSA) is 80.6 Å². The van der Waals surface area contributed by atoms with Gasteiger partial charge >= 0.3 is 6.09 Å².